The van der Waals surface area contributed by atoms with Gasteiger partial charge < -0.3 is 4.98 Å². The molecule has 3 aromatic rings. The third-order valence-electron chi connectivity index (χ3n) is 2.86. The van der Waals surface area contributed by atoms with Crippen molar-refractivity contribution in [2.75, 3.05) is 0 Å². The van der Waals surface area contributed by atoms with Crippen molar-refractivity contribution < 1.29 is 4.39 Å². The van der Waals surface area contributed by atoms with E-state index in [0.29, 0.717) is 0 Å². The summed E-state index contributed by atoms with van der Waals surface area (Å²) in [6.07, 6.45) is 4.02. The molecule has 0 aliphatic carbocycles. The minimum absolute atomic E-state index is 0.220. The zero-order valence-corrected chi connectivity index (χ0v) is 9.73. The molecule has 0 fully saturated rings. The fourth-order valence-corrected chi connectivity index (χ4v) is 1.96. The first-order valence-electron chi connectivity index (χ1n) is 5.83. The Bertz CT molecular complexity index is 695. The maximum atomic E-state index is 13.1. The molecule has 3 rings (SSSR count). The van der Waals surface area contributed by atoms with Gasteiger partial charge in [0.2, 0.25) is 0 Å². The topological polar surface area (TPSA) is 15.8 Å². The summed E-state index contributed by atoms with van der Waals surface area (Å²) >= 11 is 0. The number of halogens is 1. The molecule has 1 heterocycles. The number of aromatic nitrogens is 1. The van der Waals surface area contributed by atoms with Gasteiger partial charge in [-0.05, 0) is 35.9 Å². The van der Waals surface area contributed by atoms with Crippen LogP contribution in [-0.2, 0) is 0 Å². The molecular formula is C16H12FN. The van der Waals surface area contributed by atoms with Crippen molar-refractivity contribution in [2.24, 2.45) is 0 Å². The van der Waals surface area contributed by atoms with E-state index in [1.807, 2.05) is 48.6 Å². The first-order valence-corrected chi connectivity index (χ1v) is 5.83. The minimum atomic E-state index is -0.220. The van der Waals surface area contributed by atoms with Gasteiger partial charge in [0.15, 0.2) is 0 Å². The van der Waals surface area contributed by atoms with E-state index in [-0.39, 0.29) is 5.82 Å². The maximum absolute atomic E-state index is 13.1. The number of aromatic amines is 1. The van der Waals surface area contributed by atoms with Crippen molar-refractivity contribution in [1.82, 2.24) is 4.98 Å². The number of benzene rings is 2. The Kier molecular flexibility index (Phi) is 2.69. The van der Waals surface area contributed by atoms with Gasteiger partial charge in [0, 0.05) is 16.6 Å². The van der Waals surface area contributed by atoms with Gasteiger partial charge in [-0.15, -0.1) is 0 Å². The lowest BCUT2D eigenvalue weighted by Gasteiger charge is -1.90. The van der Waals surface area contributed by atoms with Crippen LogP contribution in [-0.4, -0.2) is 4.98 Å². The molecule has 0 radical (unpaired) electrons. The lowest BCUT2D eigenvalue weighted by Crippen LogP contribution is -1.73. The highest BCUT2D eigenvalue weighted by molar-refractivity contribution is 5.84. The summed E-state index contributed by atoms with van der Waals surface area (Å²) in [5, 5.41) is 1.02. The average Bonchev–Trinajstić information content (AvgIpc) is 2.79. The molecule has 0 aliphatic rings. The first kappa shape index (κ1) is 10.8. The summed E-state index contributed by atoms with van der Waals surface area (Å²) in [6, 6.07) is 16.8. The van der Waals surface area contributed by atoms with Gasteiger partial charge >= 0.3 is 0 Å². The number of rotatable bonds is 2. The van der Waals surface area contributed by atoms with Crippen LogP contribution >= 0.6 is 0 Å². The Labute approximate surface area is 105 Å². The van der Waals surface area contributed by atoms with Crippen LogP contribution in [0.4, 0.5) is 4.39 Å². The standard InChI is InChI=1S/C16H12FN/c17-14-8-7-13-10-15(18-16(13)11-14)9-6-12-4-2-1-3-5-12/h1-11,18H. The molecule has 0 saturated heterocycles. The van der Waals surface area contributed by atoms with E-state index in [0.717, 1.165) is 22.2 Å². The van der Waals surface area contributed by atoms with Crippen molar-refractivity contribution in [3.8, 4) is 0 Å². The summed E-state index contributed by atoms with van der Waals surface area (Å²) in [5.74, 6) is -0.220. The average molecular weight is 237 g/mol. The van der Waals surface area contributed by atoms with Gasteiger partial charge in [-0.2, -0.15) is 0 Å². The van der Waals surface area contributed by atoms with Crippen LogP contribution in [0.15, 0.2) is 54.6 Å². The molecule has 2 aromatic carbocycles. The third-order valence-corrected chi connectivity index (χ3v) is 2.86. The minimum Gasteiger partial charge on any atom is -0.355 e. The summed E-state index contributed by atoms with van der Waals surface area (Å²) in [7, 11) is 0. The fraction of sp³-hybridized carbons (Fsp3) is 0. The Morgan fingerprint density at radius 1 is 0.889 bits per heavy atom. The number of hydrogen-bond acceptors (Lipinski definition) is 0. The number of nitrogens with one attached hydrogen (secondary N) is 1. The van der Waals surface area contributed by atoms with Gasteiger partial charge in [0.1, 0.15) is 5.82 Å². The molecule has 1 nitrogen and oxygen atoms in total. The number of H-pyrrole nitrogens is 1. The van der Waals surface area contributed by atoms with E-state index in [9.17, 15) is 4.39 Å². The predicted octanol–water partition coefficient (Wildman–Crippen LogP) is 4.48. The molecule has 1 N–H and O–H groups in total. The highest BCUT2D eigenvalue weighted by Crippen LogP contribution is 2.18. The summed E-state index contributed by atoms with van der Waals surface area (Å²) in [4.78, 5) is 3.18. The SMILES string of the molecule is Fc1ccc2cc(C=Cc3ccccc3)[nH]c2c1. The second-order valence-corrected chi connectivity index (χ2v) is 4.20. The monoisotopic (exact) mass is 237 g/mol. The van der Waals surface area contributed by atoms with Gasteiger partial charge in [0.25, 0.3) is 0 Å². The van der Waals surface area contributed by atoms with Crippen LogP contribution in [0.1, 0.15) is 11.3 Å². The molecule has 0 unspecified atom stereocenters. The Hall–Kier alpha value is -2.35. The quantitative estimate of drug-likeness (QED) is 0.676. The molecule has 88 valence electrons. The zero-order valence-electron chi connectivity index (χ0n) is 9.73. The van der Waals surface area contributed by atoms with E-state index < -0.39 is 0 Å². The van der Waals surface area contributed by atoms with Crippen molar-refractivity contribution >= 4 is 23.1 Å². The van der Waals surface area contributed by atoms with E-state index in [2.05, 4.69) is 4.98 Å². The fourth-order valence-electron chi connectivity index (χ4n) is 1.96. The number of hydrogen-bond donors (Lipinski definition) is 1. The first-order chi connectivity index (χ1) is 8.81. The summed E-state index contributed by atoms with van der Waals surface area (Å²) < 4.78 is 13.1. The van der Waals surface area contributed by atoms with Crippen LogP contribution in [0.3, 0.4) is 0 Å². The molecule has 1 aromatic heterocycles. The van der Waals surface area contributed by atoms with E-state index in [1.54, 1.807) is 6.07 Å². The molecule has 0 amide bonds. The second-order valence-electron chi connectivity index (χ2n) is 4.20. The summed E-state index contributed by atoms with van der Waals surface area (Å²) in [5.41, 5.74) is 2.93. The smallest absolute Gasteiger partial charge is 0.125 e. The molecule has 18 heavy (non-hydrogen) atoms. The highest BCUT2D eigenvalue weighted by atomic mass is 19.1. The summed E-state index contributed by atoms with van der Waals surface area (Å²) in [6.45, 7) is 0. The lowest BCUT2D eigenvalue weighted by molar-refractivity contribution is 0.629. The largest absolute Gasteiger partial charge is 0.355 e. The van der Waals surface area contributed by atoms with Gasteiger partial charge in [-0.1, -0.05) is 36.4 Å². The normalized spacial score (nSPS) is 11.4. The third kappa shape index (κ3) is 2.18. The Morgan fingerprint density at radius 3 is 2.56 bits per heavy atom. The van der Waals surface area contributed by atoms with Crippen LogP contribution in [0.25, 0.3) is 23.1 Å². The Balaban J connectivity index is 1.93. The molecule has 0 bridgehead atoms. The highest BCUT2D eigenvalue weighted by Gasteiger charge is 1.99. The van der Waals surface area contributed by atoms with E-state index in [4.69, 9.17) is 0 Å². The van der Waals surface area contributed by atoms with Crippen LogP contribution in [0.5, 0.6) is 0 Å². The van der Waals surface area contributed by atoms with Gasteiger partial charge in [-0.25, -0.2) is 4.39 Å². The lowest BCUT2D eigenvalue weighted by atomic mass is 10.2. The van der Waals surface area contributed by atoms with Crippen molar-refractivity contribution in [1.29, 1.82) is 0 Å². The Morgan fingerprint density at radius 2 is 1.72 bits per heavy atom. The van der Waals surface area contributed by atoms with Crippen LogP contribution in [0, 0.1) is 5.82 Å². The van der Waals surface area contributed by atoms with Gasteiger partial charge in [0.05, 0.1) is 0 Å². The van der Waals surface area contributed by atoms with Crippen molar-refractivity contribution in [2.45, 2.75) is 0 Å². The maximum Gasteiger partial charge on any atom is 0.125 e. The molecule has 2 heteroatoms. The van der Waals surface area contributed by atoms with Gasteiger partial charge in [-0.3, -0.25) is 0 Å². The van der Waals surface area contributed by atoms with Crippen molar-refractivity contribution in [3.05, 3.63) is 71.7 Å². The molecule has 0 atom stereocenters. The predicted molar refractivity (Wildman–Crippen MR) is 73.6 cm³/mol. The van der Waals surface area contributed by atoms with Crippen molar-refractivity contribution in [3.63, 3.8) is 0 Å². The zero-order chi connectivity index (χ0) is 12.4. The van der Waals surface area contributed by atoms with Crippen LogP contribution < -0.4 is 0 Å². The molecule has 0 saturated carbocycles. The molecule has 0 spiro atoms. The molecular weight excluding hydrogens is 225 g/mol. The van der Waals surface area contributed by atoms with E-state index >= 15 is 0 Å². The van der Waals surface area contributed by atoms with Crippen LogP contribution in [0.2, 0.25) is 0 Å². The van der Waals surface area contributed by atoms with E-state index in [1.165, 1.54) is 12.1 Å². The molecule has 0 aliphatic heterocycles. The number of fused-ring (bicyclic) bond motifs is 1. The second kappa shape index (κ2) is 4.49.